The van der Waals surface area contributed by atoms with Crippen molar-refractivity contribution in [3.63, 3.8) is 0 Å². The Hall–Kier alpha value is -11.7. The molecular weight excluding hydrogens is 1240 g/mol. The van der Waals surface area contributed by atoms with Crippen LogP contribution in [-0.4, -0.2) is 65.7 Å². The first-order valence-electron chi connectivity index (χ1n) is 31.5. The number of fused-ring (bicyclic) bond motifs is 10. The van der Waals surface area contributed by atoms with Crippen LogP contribution in [0.4, 0.5) is 9.09 Å². The SMILES string of the molecule is Clc1nc(-c2ccccc2)nc(-c2ccccc2)n1.F.[2H]CF.[H-].[Na+].c1ccc(-c2nc(-c3ccccc3)nc(-n3c4ccccc4c4c5nc(-c6ccccc6)n(-c6ccccc6)c5ccc43)n2)cc1.c1ccc(-c2nc3c4c(ccc3n2-c2ccccc2)[nH]c2ccccc24)cc1. The Morgan fingerprint density at radius 2 is 0.670 bits per heavy atom. The van der Waals surface area contributed by atoms with E-state index in [0.717, 1.165) is 111 Å². The smallest absolute Gasteiger partial charge is 1.00 e. The maximum absolute atomic E-state index is 9.96. The molecule has 0 unspecified atom stereocenters. The van der Waals surface area contributed by atoms with Gasteiger partial charge >= 0.3 is 29.6 Å². The van der Waals surface area contributed by atoms with Gasteiger partial charge in [0, 0.05) is 77.3 Å². The van der Waals surface area contributed by atoms with E-state index in [1.165, 1.54) is 10.8 Å². The van der Waals surface area contributed by atoms with Crippen LogP contribution in [0.3, 0.4) is 0 Å². The van der Waals surface area contributed by atoms with Crippen LogP contribution in [0.1, 0.15) is 2.80 Å². The van der Waals surface area contributed by atoms with Gasteiger partial charge in [0.05, 0.1) is 41.6 Å². The standard InChI is InChI=1S/C40H26N6.C25H17N3.C15H10ClN3.CH3F.FH.Na.H/c1-5-15-27(16-6-1)37-42-38(28-17-7-2-8-18-28)44-40(43-37)46-32-24-14-13-23-31(32)35-33(46)25-26-34-36(35)41-39(29-19-9-3-10-20-29)45(34)30-21-11-4-12-22-30;1-3-9-17(10-4-1)25-27-24-22(28(25)18-11-5-2-6-12-18)16-15-21-23(24)19-13-7-8-14-20(19)26-21;16-15-18-13(11-7-3-1-4-8-11)17-14(19-15)12-9-5-2-6-10-12;1-2;;;/h1-26H;1-16,26H;1-10H;1H3;1H;;/q;;;;;+1;-1/i;;;1D;;;. The van der Waals surface area contributed by atoms with Gasteiger partial charge in [0.25, 0.3) is 0 Å². The van der Waals surface area contributed by atoms with Gasteiger partial charge < -0.3 is 6.41 Å². The van der Waals surface area contributed by atoms with Crippen LogP contribution in [0.15, 0.2) is 315 Å². The number of imidazole rings is 2. The summed E-state index contributed by atoms with van der Waals surface area (Å²) in [6.07, 6.45) is 0. The van der Waals surface area contributed by atoms with E-state index in [1.807, 2.05) is 146 Å². The first-order chi connectivity index (χ1) is 47.5. The molecule has 0 saturated carbocycles. The molecule has 0 atom stereocenters. The number of H-pyrrole nitrogens is 1. The van der Waals surface area contributed by atoms with Gasteiger partial charge in [-0.05, 0) is 72.3 Å². The molecule has 18 rings (SSSR count). The molecule has 6 heterocycles. The van der Waals surface area contributed by atoms with Crippen molar-refractivity contribution in [1.29, 1.82) is 0 Å². The van der Waals surface area contributed by atoms with Gasteiger partial charge in [-0.1, -0.05) is 255 Å². The zero-order valence-electron chi connectivity index (χ0n) is 54.3. The zero-order chi connectivity index (χ0) is 64.7. The van der Waals surface area contributed by atoms with Crippen LogP contribution in [0, 0.1) is 0 Å². The average molecular weight is 1300 g/mol. The second-order valence-electron chi connectivity index (χ2n) is 22.1. The molecule has 18 aromatic rings. The number of nitrogens with zero attached hydrogens (tertiary/aromatic N) is 11. The molecule has 97 heavy (non-hydrogen) atoms. The summed E-state index contributed by atoms with van der Waals surface area (Å²) in [6, 6.07) is 107. The third kappa shape index (κ3) is 12.7. The van der Waals surface area contributed by atoms with E-state index >= 15 is 0 Å². The Labute approximate surface area is 586 Å². The summed E-state index contributed by atoms with van der Waals surface area (Å²) in [7, 11) is -1.00. The molecule has 0 bridgehead atoms. The summed E-state index contributed by atoms with van der Waals surface area (Å²) >= 11 is 5.99. The Balaban J connectivity index is 0.000000150. The van der Waals surface area contributed by atoms with Gasteiger partial charge in [-0.25, -0.2) is 19.9 Å². The third-order valence-electron chi connectivity index (χ3n) is 16.4. The Morgan fingerprint density at radius 1 is 0.330 bits per heavy atom. The van der Waals surface area contributed by atoms with E-state index < -0.39 is 7.15 Å². The number of nitrogens with one attached hydrogen (secondary N) is 1. The first-order valence-corrected chi connectivity index (χ1v) is 31.2. The van der Waals surface area contributed by atoms with Crippen LogP contribution in [0.25, 0.3) is 151 Å². The van der Waals surface area contributed by atoms with Gasteiger partial charge in [0.15, 0.2) is 23.3 Å². The number of halogens is 3. The van der Waals surface area contributed by atoms with E-state index in [2.05, 4.69) is 203 Å². The summed E-state index contributed by atoms with van der Waals surface area (Å²) in [5.41, 5.74) is 16.4. The number of benzene rings is 12. The summed E-state index contributed by atoms with van der Waals surface area (Å²) in [6.45, 7) is 0. The fourth-order valence-corrected chi connectivity index (χ4v) is 12.4. The van der Waals surface area contributed by atoms with Crippen molar-refractivity contribution in [2.24, 2.45) is 0 Å². The second-order valence-corrected chi connectivity index (χ2v) is 22.5. The molecule has 0 radical (unpaired) electrons. The van der Waals surface area contributed by atoms with Crippen molar-refractivity contribution in [1.82, 2.24) is 58.6 Å². The number of rotatable bonds is 9. The first kappa shape index (κ1) is 62.8. The van der Waals surface area contributed by atoms with Gasteiger partial charge in [-0.2, -0.15) is 19.9 Å². The predicted molar refractivity (Wildman–Crippen MR) is 387 cm³/mol. The Kier molecular flexibility index (Phi) is 18.7. The monoisotopic (exact) mass is 1300 g/mol. The van der Waals surface area contributed by atoms with E-state index in [9.17, 15) is 4.39 Å². The van der Waals surface area contributed by atoms with Crippen molar-refractivity contribution < 1.29 is 41.4 Å². The molecule has 0 aliphatic carbocycles. The largest absolute Gasteiger partial charge is 1.00 e. The minimum atomic E-state index is -1.00. The predicted octanol–water partition coefficient (Wildman–Crippen LogP) is 17.3. The maximum atomic E-state index is 9.96. The molecule has 0 amide bonds. The fraction of sp³-hybridized carbons (Fsp3) is 0.0123. The molecule has 16 heteroatoms. The van der Waals surface area contributed by atoms with Gasteiger partial charge in [-0.15, -0.1) is 0 Å². The van der Waals surface area contributed by atoms with E-state index in [1.54, 1.807) is 0 Å². The summed E-state index contributed by atoms with van der Waals surface area (Å²) in [5.74, 6) is 4.82. The van der Waals surface area contributed by atoms with Gasteiger partial charge in [0.1, 0.15) is 11.6 Å². The normalized spacial score (nSPS) is 11.0. The number of aromatic nitrogens is 12. The summed E-state index contributed by atoms with van der Waals surface area (Å²) < 4.78 is 22.2. The number of alkyl halides is 1. The second kappa shape index (κ2) is 28.9. The van der Waals surface area contributed by atoms with Crippen LogP contribution in [0.5, 0.6) is 0 Å². The van der Waals surface area contributed by atoms with Crippen LogP contribution >= 0.6 is 11.6 Å². The average Bonchev–Trinajstić information content (AvgIpc) is 1.56. The van der Waals surface area contributed by atoms with Crippen molar-refractivity contribution >= 4 is 77.3 Å². The Morgan fingerprint density at radius 3 is 1.11 bits per heavy atom. The van der Waals surface area contributed by atoms with Crippen LogP contribution in [-0.2, 0) is 0 Å². The summed E-state index contributed by atoms with van der Waals surface area (Å²) in [4.78, 5) is 42.0. The molecule has 0 spiro atoms. The Bertz CT molecular complexity index is 5610. The molecular formula is C81H58ClF2N12Na. The molecule has 0 fully saturated rings. The number of hydrogen-bond acceptors (Lipinski definition) is 8. The van der Waals surface area contributed by atoms with Gasteiger partial charge in [0.2, 0.25) is 11.2 Å². The molecule has 12 aromatic carbocycles. The molecule has 0 aliphatic heterocycles. The number of aromatic amines is 1. The van der Waals surface area contributed by atoms with Crippen LogP contribution in [0.2, 0.25) is 5.28 Å². The molecule has 0 saturated heterocycles. The third-order valence-corrected chi connectivity index (χ3v) is 16.6. The fourth-order valence-electron chi connectivity index (χ4n) is 12.2. The van der Waals surface area contributed by atoms with Crippen molar-refractivity contribution in [3.05, 3.63) is 321 Å². The van der Waals surface area contributed by atoms with Crippen molar-refractivity contribution in [2.75, 3.05) is 7.15 Å². The van der Waals surface area contributed by atoms with Crippen molar-refractivity contribution in [3.8, 4) is 85.7 Å². The number of para-hydroxylation sites is 4. The van der Waals surface area contributed by atoms with E-state index in [4.69, 9.17) is 37.9 Å². The minimum absolute atomic E-state index is 0. The van der Waals surface area contributed by atoms with Crippen LogP contribution < -0.4 is 29.6 Å². The molecule has 6 aromatic heterocycles. The molecule has 1 N–H and O–H groups in total. The molecule has 464 valence electrons. The number of hydrogen-bond donors (Lipinski definition) is 1. The quantitative estimate of drug-likeness (QED) is 0.141. The van der Waals surface area contributed by atoms with Gasteiger partial charge in [-0.3, -0.25) is 22.8 Å². The van der Waals surface area contributed by atoms with E-state index in [0.29, 0.717) is 29.2 Å². The molecule has 0 aliphatic rings. The summed E-state index contributed by atoms with van der Waals surface area (Å²) in [5, 5.41) is 4.74. The minimum Gasteiger partial charge on any atom is -1.00 e. The topological polar surface area (TPSA) is 134 Å². The maximum Gasteiger partial charge on any atom is 1.00 e. The van der Waals surface area contributed by atoms with Crippen molar-refractivity contribution in [2.45, 2.75) is 0 Å². The molecule has 12 nitrogen and oxygen atoms in total. The zero-order valence-corrected chi connectivity index (χ0v) is 55.1. The van der Waals surface area contributed by atoms with E-state index in [-0.39, 0.29) is 41.0 Å².